The average molecular weight is 281 g/mol. The maximum Gasteiger partial charge on any atom is 0.233 e. The number of nitrogens with one attached hydrogen (secondary N) is 1. The molecular formula is C14H19NO3S. The molecule has 0 amide bonds. The van der Waals surface area contributed by atoms with E-state index in [9.17, 15) is 8.42 Å². The van der Waals surface area contributed by atoms with Crippen molar-refractivity contribution >= 4 is 16.1 Å². The number of benzene rings is 1. The monoisotopic (exact) mass is 281 g/mol. The minimum absolute atomic E-state index is 0.0115. The molecule has 0 aromatic heterocycles. The zero-order valence-electron chi connectivity index (χ0n) is 10.7. The van der Waals surface area contributed by atoms with Gasteiger partial charge < -0.3 is 5.11 Å². The van der Waals surface area contributed by atoms with Crippen LogP contribution in [0.25, 0.3) is 6.08 Å². The first-order valence-electron chi connectivity index (χ1n) is 6.39. The quantitative estimate of drug-likeness (QED) is 0.800. The SMILES string of the molecule is O=S(=O)(/C=C/c1ccccc1)NCC1(CCO)CC1. The van der Waals surface area contributed by atoms with E-state index in [2.05, 4.69) is 4.72 Å². The van der Waals surface area contributed by atoms with E-state index in [1.807, 2.05) is 30.3 Å². The molecule has 0 radical (unpaired) electrons. The fourth-order valence-electron chi connectivity index (χ4n) is 1.96. The van der Waals surface area contributed by atoms with E-state index in [4.69, 9.17) is 5.11 Å². The maximum atomic E-state index is 11.8. The van der Waals surface area contributed by atoms with Gasteiger partial charge in [0.15, 0.2) is 0 Å². The second-order valence-corrected chi connectivity index (χ2v) is 6.70. The van der Waals surface area contributed by atoms with Crippen molar-refractivity contribution in [3.05, 3.63) is 41.3 Å². The van der Waals surface area contributed by atoms with Crippen molar-refractivity contribution in [2.75, 3.05) is 13.2 Å². The first-order valence-corrected chi connectivity index (χ1v) is 7.94. The molecule has 5 heteroatoms. The van der Waals surface area contributed by atoms with Crippen LogP contribution < -0.4 is 4.72 Å². The highest BCUT2D eigenvalue weighted by Gasteiger charge is 2.42. The first-order chi connectivity index (χ1) is 9.05. The molecule has 19 heavy (non-hydrogen) atoms. The summed E-state index contributed by atoms with van der Waals surface area (Å²) < 4.78 is 26.2. The lowest BCUT2D eigenvalue weighted by Gasteiger charge is -2.13. The van der Waals surface area contributed by atoms with Crippen LogP contribution in [0.4, 0.5) is 0 Å². The predicted molar refractivity (Wildman–Crippen MR) is 75.8 cm³/mol. The zero-order valence-corrected chi connectivity index (χ0v) is 11.6. The van der Waals surface area contributed by atoms with E-state index in [0.717, 1.165) is 18.4 Å². The van der Waals surface area contributed by atoms with Crippen LogP contribution in [-0.4, -0.2) is 26.7 Å². The molecule has 104 valence electrons. The molecule has 0 bridgehead atoms. The van der Waals surface area contributed by atoms with Crippen LogP contribution >= 0.6 is 0 Å². The van der Waals surface area contributed by atoms with E-state index in [1.165, 1.54) is 5.41 Å². The molecule has 0 atom stereocenters. The highest BCUT2D eigenvalue weighted by Crippen LogP contribution is 2.48. The van der Waals surface area contributed by atoms with Crippen LogP contribution in [0, 0.1) is 5.41 Å². The Balaban J connectivity index is 1.91. The Hall–Kier alpha value is -1.17. The lowest BCUT2D eigenvalue weighted by Crippen LogP contribution is -2.29. The number of sulfonamides is 1. The lowest BCUT2D eigenvalue weighted by atomic mass is 10.0. The Bertz CT molecular complexity index is 533. The second kappa shape index (κ2) is 5.86. The summed E-state index contributed by atoms with van der Waals surface area (Å²) in [5.41, 5.74) is 0.840. The van der Waals surface area contributed by atoms with E-state index < -0.39 is 10.0 Å². The summed E-state index contributed by atoms with van der Waals surface area (Å²) in [7, 11) is -3.40. The summed E-state index contributed by atoms with van der Waals surface area (Å²) >= 11 is 0. The van der Waals surface area contributed by atoms with Crippen molar-refractivity contribution in [1.29, 1.82) is 0 Å². The third-order valence-electron chi connectivity index (χ3n) is 3.49. The fourth-order valence-corrected chi connectivity index (χ4v) is 2.90. The van der Waals surface area contributed by atoms with Crippen molar-refractivity contribution in [1.82, 2.24) is 4.72 Å². The van der Waals surface area contributed by atoms with Gasteiger partial charge in [0.2, 0.25) is 10.0 Å². The van der Waals surface area contributed by atoms with Gasteiger partial charge in [0.1, 0.15) is 0 Å². The minimum Gasteiger partial charge on any atom is -0.396 e. The van der Waals surface area contributed by atoms with E-state index >= 15 is 0 Å². The predicted octanol–water partition coefficient (Wildman–Crippen LogP) is 1.74. The van der Waals surface area contributed by atoms with Crippen molar-refractivity contribution in [2.45, 2.75) is 19.3 Å². The van der Waals surface area contributed by atoms with Crippen LogP contribution in [-0.2, 0) is 10.0 Å². The molecule has 2 N–H and O–H groups in total. The summed E-state index contributed by atoms with van der Waals surface area (Å²) in [4.78, 5) is 0. The highest BCUT2D eigenvalue weighted by molar-refractivity contribution is 7.92. The van der Waals surface area contributed by atoms with Crippen LogP contribution in [0.2, 0.25) is 0 Å². The molecule has 2 rings (SSSR count). The van der Waals surface area contributed by atoms with Crippen molar-refractivity contribution in [3.8, 4) is 0 Å². The standard InChI is InChI=1S/C14H19NO3S/c16-10-9-14(7-8-14)12-15-19(17,18)11-6-13-4-2-1-3-5-13/h1-6,11,15-16H,7-10,12H2/b11-6+. The van der Waals surface area contributed by atoms with Crippen LogP contribution in [0.1, 0.15) is 24.8 Å². The minimum atomic E-state index is -3.40. The van der Waals surface area contributed by atoms with Crippen LogP contribution in [0.5, 0.6) is 0 Å². The fraction of sp³-hybridized carbons (Fsp3) is 0.429. The molecule has 1 aliphatic carbocycles. The van der Waals surface area contributed by atoms with Crippen LogP contribution in [0.3, 0.4) is 0 Å². The molecular weight excluding hydrogens is 262 g/mol. The van der Waals surface area contributed by atoms with Gasteiger partial charge in [-0.25, -0.2) is 13.1 Å². The molecule has 1 aliphatic rings. The summed E-state index contributed by atoms with van der Waals surface area (Å²) in [5.74, 6) is 0. The van der Waals surface area contributed by atoms with Gasteiger partial charge in [-0.2, -0.15) is 0 Å². The van der Waals surface area contributed by atoms with Gasteiger partial charge in [-0.05, 0) is 36.3 Å². The Kier molecular flexibility index (Phi) is 4.39. The van der Waals surface area contributed by atoms with Gasteiger partial charge >= 0.3 is 0 Å². The van der Waals surface area contributed by atoms with E-state index in [-0.39, 0.29) is 12.0 Å². The number of rotatable bonds is 7. The zero-order chi connectivity index (χ0) is 13.8. The van der Waals surface area contributed by atoms with Gasteiger partial charge in [-0.3, -0.25) is 0 Å². The van der Waals surface area contributed by atoms with Gasteiger partial charge in [-0.15, -0.1) is 0 Å². The molecule has 1 aromatic carbocycles. The molecule has 0 saturated heterocycles. The molecule has 4 nitrogen and oxygen atoms in total. The number of aliphatic hydroxyl groups is 1. The average Bonchev–Trinajstić information content (AvgIpc) is 3.17. The molecule has 0 spiro atoms. The molecule has 1 fully saturated rings. The number of hydrogen-bond donors (Lipinski definition) is 2. The molecule has 1 aromatic rings. The first kappa shape index (κ1) is 14.2. The topological polar surface area (TPSA) is 66.4 Å². The Labute approximate surface area is 114 Å². The Morgan fingerprint density at radius 3 is 2.53 bits per heavy atom. The Morgan fingerprint density at radius 1 is 1.26 bits per heavy atom. The lowest BCUT2D eigenvalue weighted by molar-refractivity contribution is 0.249. The molecule has 0 unspecified atom stereocenters. The third kappa shape index (κ3) is 4.45. The summed E-state index contributed by atoms with van der Waals surface area (Å²) in [6, 6.07) is 9.30. The van der Waals surface area contributed by atoms with Crippen LogP contribution in [0.15, 0.2) is 35.7 Å². The molecule has 1 saturated carbocycles. The van der Waals surface area contributed by atoms with Gasteiger partial charge in [0.05, 0.1) is 0 Å². The smallest absolute Gasteiger partial charge is 0.233 e. The normalized spacial score (nSPS) is 17.7. The molecule has 0 aliphatic heterocycles. The third-order valence-corrected chi connectivity index (χ3v) is 4.53. The second-order valence-electron chi connectivity index (χ2n) is 5.05. The summed E-state index contributed by atoms with van der Waals surface area (Å²) in [5, 5.41) is 10.1. The number of aliphatic hydroxyl groups excluding tert-OH is 1. The largest absolute Gasteiger partial charge is 0.396 e. The van der Waals surface area contributed by atoms with Crippen molar-refractivity contribution in [3.63, 3.8) is 0 Å². The van der Waals surface area contributed by atoms with E-state index in [0.29, 0.717) is 13.0 Å². The summed E-state index contributed by atoms with van der Waals surface area (Å²) in [6.45, 7) is 0.524. The summed E-state index contributed by atoms with van der Waals surface area (Å²) in [6.07, 6.45) is 4.21. The van der Waals surface area contributed by atoms with Gasteiger partial charge in [0.25, 0.3) is 0 Å². The van der Waals surface area contributed by atoms with Crippen molar-refractivity contribution < 1.29 is 13.5 Å². The van der Waals surface area contributed by atoms with Crippen molar-refractivity contribution in [2.24, 2.45) is 5.41 Å². The number of hydrogen-bond acceptors (Lipinski definition) is 3. The van der Waals surface area contributed by atoms with Gasteiger partial charge in [0, 0.05) is 18.6 Å². The molecule has 0 heterocycles. The van der Waals surface area contributed by atoms with Gasteiger partial charge in [-0.1, -0.05) is 30.3 Å². The van der Waals surface area contributed by atoms with E-state index in [1.54, 1.807) is 6.08 Å². The maximum absolute atomic E-state index is 11.8. The Morgan fingerprint density at radius 2 is 1.95 bits per heavy atom. The highest BCUT2D eigenvalue weighted by atomic mass is 32.2.